The Kier molecular flexibility index (Phi) is 7.16. The summed E-state index contributed by atoms with van der Waals surface area (Å²) in [7, 11) is 1.41. The molecule has 10 nitrogen and oxygen atoms in total. The highest BCUT2D eigenvalue weighted by Gasteiger charge is 2.38. The van der Waals surface area contributed by atoms with Crippen LogP contribution in [0.25, 0.3) is 0 Å². The number of methoxy groups -OCH3 is 1. The number of oxime groups is 1. The van der Waals surface area contributed by atoms with Gasteiger partial charge in [-0.15, -0.1) is 0 Å². The first-order valence-electron chi connectivity index (χ1n) is 11.1. The first-order chi connectivity index (χ1) is 17.1. The predicted molar refractivity (Wildman–Crippen MR) is 124 cm³/mol. The maximum absolute atomic E-state index is 14.2. The molecule has 192 valence electrons. The van der Waals surface area contributed by atoms with Gasteiger partial charge in [-0.1, -0.05) is 22.8 Å². The number of pyridine rings is 1. The van der Waals surface area contributed by atoms with Gasteiger partial charge in [-0.25, -0.2) is 8.78 Å². The van der Waals surface area contributed by atoms with E-state index >= 15 is 0 Å². The van der Waals surface area contributed by atoms with Crippen LogP contribution >= 0.6 is 11.6 Å². The van der Waals surface area contributed by atoms with Crippen molar-refractivity contribution in [1.82, 2.24) is 14.8 Å². The van der Waals surface area contributed by atoms with Gasteiger partial charge in [0.15, 0.2) is 11.4 Å². The largest absolute Gasteiger partial charge is 0.503 e. The molecule has 1 aromatic carbocycles. The number of aromatic nitrogens is 1. The molecule has 0 aliphatic carbocycles. The van der Waals surface area contributed by atoms with Crippen LogP contribution in [-0.2, 0) is 16.1 Å². The molecule has 4 rings (SSSR count). The average molecular weight is 525 g/mol. The molecule has 36 heavy (non-hydrogen) atoms. The van der Waals surface area contributed by atoms with Crippen molar-refractivity contribution in [2.45, 2.75) is 38.4 Å². The predicted octanol–water partition coefficient (Wildman–Crippen LogP) is 2.57. The number of aromatic hydroxyl groups is 1. The quantitative estimate of drug-likeness (QED) is 0.595. The van der Waals surface area contributed by atoms with Crippen LogP contribution in [0.5, 0.6) is 5.75 Å². The van der Waals surface area contributed by atoms with Gasteiger partial charge in [0, 0.05) is 43.7 Å². The Morgan fingerprint density at radius 2 is 2.11 bits per heavy atom. The number of ether oxygens (including phenoxy) is 1. The van der Waals surface area contributed by atoms with Gasteiger partial charge in [-0.05, 0) is 13.0 Å². The number of rotatable bonds is 3. The molecule has 2 amide bonds. The van der Waals surface area contributed by atoms with Gasteiger partial charge in [-0.3, -0.25) is 14.4 Å². The van der Waals surface area contributed by atoms with Crippen LogP contribution in [0.2, 0.25) is 5.02 Å². The van der Waals surface area contributed by atoms with Crippen molar-refractivity contribution in [2.75, 3.05) is 20.3 Å². The standard InChI is InChI=1S/C23H23ClF2N4O6/c1-11-5-6-36-28-16(35-2)7-13-9-29(11)23(34)19-21(32)20(31)14(10-30(13)19)22(33)27-8-12-3-4-15(25)17(24)18(12)26/h3-4,10-11,13,32H,5-9H2,1-2H3,(H,27,33)/b28-16+/t11-,13-/m0/s1. The SMILES string of the molecule is CO/C1=N/OCC[C@H](C)N2C[C@H](C1)n1cc(C(=O)NCc3ccc(F)c(Cl)c3F)c(=O)c(O)c1C2=O. The van der Waals surface area contributed by atoms with Crippen LogP contribution in [0, 0.1) is 11.6 Å². The van der Waals surface area contributed by atoms with Gasteiger partial charge in [0.1, 0.15) is 28.8 Å². The monoisotopic (exact) mass is 524 g/mol. The lowest BCUT2D eigenvalue weighted by Gasteiger charge is -2.39. The Morgan fingerprint density at radius 3 is 2.83 bits per heavy atom. The molecule has 0 saturated heterocycles. The molecule has 2 bridgehead atoms. The maximum Gasteiger partial charge on any atom is 0.274 e. The van der Waals surface area contributed by atoms with E-state index in [-0.39, 0.29) is 42.8 Å². The molecule has 0 unspecified atom stereocenters. The fraction of sp³-hybridized carbons (Fsp3) is 0.391. The van der Waals surface area contributed by atoms with Crippen LogP contribution in [0.1, 0.15) is 52.2 Å². The number of hydrogen-bond acceptors (Lipinski definition) is 7. The summed E-state index contributed by atoms with van der Waals surface area (Å²) in [6.07, 6.45) is 1.77. The van der Waals surface area contributed by atoms with E-state index in [0.717, 1.165) is 12.1 Å². The second-order valence-corrected chi connectivity index (χ2v) is 8.85. The zero-order valence-corrected chi connectivity index (χ0v) is 20.1. The molecule has 13 heteroatoms. The Hall–Kier alpha value is -3.67. The third-order valence-corrected chi connectivity index (χ3v) is 6.59. The summed E-state index contributed by atoms with van der Waals surface area (Å²) in [5.41, 5.74) is -1.89. The summed E-state index contributed by atoms with van der Waals surface area (Å²) in [4.78, 5) is 45.8. The lowest BCUT2D eigenvalue weighted by atomic mass is 10.0. The highest BCUT2D eigenvalue weighted by molar-refractivity contribution is 6.30. The molecule has 0 spiro atoms. The highest BCUT2D eigenvalue weighted by Crippen LogP contribution is 2.31. The topological polar surface area (TPSA) is 122 Å². The van der Waals surface area contributed by atoms with Gasteiger partial charge in [-0.2, -0.15) is 0 Å². The second-order valence-electron chi connectivity index (χ2n) is 8.47. The molecule has 3 heterocycles. The number of nitrogens with zero attached hydrogens (tertiary/aromatic N) is 3. The van der Waals surface area contributed by atoms with Crippen LogP contribution in [0.4, 0.5) is 8.78 Å². The van der Waals surface area contributed by atoms with Gasteiger partial charge in [0.25, 0.3) is 11.8 Å². The van der Waals surface area contributed by atoms with E-state index in [2.05, 4.69) is 10.5 Å². The molecular weight excluding hydrogens is 502 g/mol. The van der Waals surface area contributed by atoms with Crippen molar-refractivity contribution in [2.24, 2.45) is 5.16 Å². The number of carbonyl (C=O) groups is 2. The van der Waals surface area contributed by atoms with E-state index in [1.165, 1.54) is 22.8 Å². The summed E-state index contributed by atoms with van der Waals surface area (Å²) in [5.74, 6) is -4.16. The van der Waals surface area contributed by atoms with Crippen molar-refractivity contribution < 1.29 is 33.1 Å². The van der Waals surface area contributed by atoms with Gasteiger partial charge in [0.2, 0.25) is 11.3 Å². The van der Waals surface area contributed by atoms with E-state index in [4.69, 9.17) is 21.2 Å². The molecule has 1 aromatic heterocycles. The fourth-order valence-electron chi connectivity index (χ4n) is 4.19. The summed E-state index contributed by atoms with van der Waals surface area (Å²) in [6, 6.07) is 1.23. The molecule has 0 fully saturated rings. The van der Waals surface area contributed by atoms with Crippen molar-refractivity contribution in [3.63, 3.8) is 0 Å². The normalized spacial score (nSPS) is 21.1. The van der Waals surface area contributed by atoms with Crippen LogP contribution in [0.15, 0.2) is 28.3 Å². The number of fused-ring (bicyclic) bond motifs is 4. The Labute approximate surface area is 209 Å². The third-order valence-electron chi connectivity index (χ3n) is 6.25. The van der Waals surface area contributed by atoms with E-state index in [1.54, 1.807) is 0 Å². The average Bonchev–Trinajstić information content (AvgIpc) is 2.86. The molecule has 0 radical (unpaired) electrons. The number of halogens is 3. The minimum Gasteiger partial charge on any atom is -0.503 e. The van der Waals surface area contributed by atoms with E-state index in [9.17, 15) is 28.3 Å². The Bertz CT molecular complexity index is 1310. The molecule has 2 aliphatic rings. The lowest BCUT2D eigenvalue weighted by Crippen LogP contribution is -2.49. The van der Waals surface area contributed by atoms with Crippen molar-refractivity contribution in [3.05, 3.63) is 62.0 Å². The summed E-state index contributed by atoms with van der Waals surface area (Å²) >= 11 is 5.57. The van der Waals surface area contributed by atoms with Crippen molar-refractivity contribution in [3.8, 4) is 5.75 Å². The first-order valence-corrected chi connectivity index (χ1v) is 11.4. The van der Waals surface area contributed by atoms with E-state index < -0.39 is 57.8 Å². The summed E-state index contributed by atoms with van der Waals surface area (Å²) in [6.45, 7) is 1.85. The minimum absolute atomic E-state index is 0.106. The Balaban J connectivity index is 1.71. The third kappa shape index (κ3) is 4.60. The van der Waals surface area contributed by atoms with E-state index in [0.29, 0.717) is 6.42 Å². The number of hydrogen-bond donors (Lipinski definition) is 2. The number of amides is 2. The zero-order valence-electron chi connectivity index (χ0n) is 19.4. The molecule has 2 aliphatic heterocycles. The van der Waals surface area contributed by atoms with Gasteiger partial charge >= 0.3 is 0 Å². The smallest absolute Gasteiger partial charge is 0.274 e. The van der Waals surface area contributed by atoms with Crippen LogP contribution in [-0.4, -0.2) is 58.6 Å². The van der Waals surface area contributed by atoms with Crippen molar-refractivity contribution >= 4 is 29.3 Å². The lowest BCUT2D eigenvalue weighted by molar-refractivity contribution is 0.0479. The molecular formula is C23H23ClF2N4O6. The summed E-state index contributed by atoms with van der Waals surface area (Å²) in [5, 5.41) is 16.3. The van der Waals surface area contributed by atoms with E-state index in [1.807, 2.05) is 6.92 Å². The molecule has 0 saturated carbocycles. The van der Waals surface area contributed by atoms with Crippen LogP contribution < -0.4 is 10.7 Å². The molecule has 2 N–H and O–H groups in total. The minimum atomic E-state index is -1.06. The van der Waals surface area contributed by atoms with Gasteiger partial charge < -0.3 is 29.5 Å². The van der Waals surface area contributed by atoms with Crippen LogP contribution in [0.3, 0.4) is 0 Å². The molecule has 2 atom stereocenters. The maximum atomic E-state index is 14.2. The zero-order chi connectivity index (χ0) is 26.1. The van der Waals surface area contributed by atoms with Crippen molar-refractivity contribution in [1.29, 1.82) is 0 Å². The summed E-state index contributed by atoms with van der Waals surface area (Å²) < 4.78 is 34.2. The molecule has 2 aromatic rings. The number of benzene rings is 1. The fourth-order valence-corrected chi connectivity index (χ4v) is 4.37. The second kappa shape index (κ2) is 10.1. The number of carbonyl (C=O) groups excluding carboxylic acids is 2. The first kappa shape index (κ1) is 25.4. The van der Waals surface area contributed by atoms with Gasteiger partial charge in [0.05, 0.1) is 13.2 Å². The highest BCUT2D eigenvalue weighted by atomic mass is 35.5. The Morgan fingerprint density at radius 1 is 1.36 bits per heavy atom. The number of nitrogens with one attached hydrogen (secondary N) is 1.